The number of imidazole rings is 1. The van der Waals surface area contributed by atoms with Gasteiger partial charge in [0.25, 0.3) is 5.91 Å². The van der Waals surface area contributed by atoms with Crippen molar-refractivity contribution in [1.29, 1.82) is 0 Å². The predicted octanol–water partition coefficient (Wildman–Crippen LogP) is 4.55. The zero-order valence-corrected chi connectivity index (χ0v) is 21.5. The van der Waals surface area contributed by atoms with E-state index in [9.17, 15) is 43.8 Å². The van der Waals surface area contributed by atoms with Crippen LogP contribution >= 0.6 is 0 Å². The Morgan fingerprint density at radius 1 is 1.13 bits per heavy atom. The van der Waals surface area contributed by atoms with E-state index in [2.05, 4.69) is 4.98 Å². The Kier molecular flexibility index (Phi) is 6.48. The molecule has 39 heavy (non-hydrogen) atoms. The number of rotatable bonds is 4. The first-order chi connectivity index (χ1) is 18.1. The Labute approximate surface area is 220 Å². The SMILES string of the molecule is Cc1c(OS(=O)C(F)(F)F)ccc2c1C1CCCN(C(=O)c3ccc4c(c3)ncn4S(=O)(=O)C(F)(F)F)C1C2. The molecule has 3 aromatic rings. The van der Waals surface area contributed by atoms with Crippen molar-refractivity contribution >= 4 is 38.0 Å². The smallest absolute Gasteiger partial charge is 0.394 e. The van der Waals surface area contributed by atoms with Gasteiger partial charge >= 0.3 is 32.1 Å². The highest BCUT2D eigenvalue weighted by molar-refractivity contribution is 7.90. The van der Waals surface area contributed by atoms with Crippen molar-refractivity contribution in [3.63, 3.8) is 0 Å². The predicted molar refractivity (Wildman–Crippen MR) is 127 cm³/mol. The number of halogens is 6. The van der Waals surface area contributed by atoms with Gasteiger partial charge in [-0.05, 0) is 67.1 Å². The zero-order valence-electron chi connectivity index (χ0n) is 19.9. The average molecular weight is 596 g/mol. The number of amides is 1. The molecule has 2 aliphatic rings. The minimum absolute atomic E-state index is 0.00930. The normalized spacial score (nSPS) is 20.5. The number of carbonyl (C=O) groups is 1. The van der Waals surface area contributed by atoms with Crippen LogP contribution in [0.3, 0.4) is 0 Å². The molecule has 0 saturated carbocycles. The van der Waals surface area contributed by atoms with Crippen LogP contribution in [0.4, 0.5) is 26.3 Å². The van der Waals surface area contributed by atoms with Gasteiger partial charge in [-0.1, -0.05) is 6.07 Å². The first kappa shape index (κ1) is 27.4. The number of fused-ring (bicyclic) bond motifs is 4. The lowest BCUT2D eigenvalue weighted by molar-refractivity contribution is -0.0448. The topological polar surface area (TPSA) is 98.6 Å². The second-order valence-corrected chi connectivity index (χ2v) is 12.1. The van der Waals surface area contributed by atoms with Gasteiger partial charge in [0, 0.05) is 24.1 Å². The molecule has 1 saturated heterocycles. The quantitative estimate of drug-likeness (QED) is 0.411. The second kappa shape index (κ2) is 9.21. The van der Waals surface area contributed by atoms with Gasteiger partial charge in [-0.3, -0.25) is 4.79 Å². The van der Waals surface area contributed by atoms with Crippen molar-refractivity contribution < 1.29 is 47.9 Å². The molecule has 5 rings (SSSR count). The molecule has 1 aliphatic heterocycles. The van der Waals surface area contributed by atoms with Gasteiger partial charge < -0.3 is 9.08 Å². The van der Waals surface area contributed by atoms with E-state index in [-0.39, 0.29) is 38.3 Å². The standard InChI is InChI=1S/C23H19F6N3O5S2/c1-12-19(37-38(34)22(24,25)26)7-5-13-10-18-15(20(12)13)3-2-8-31(18)21(33)14-4-6-17-16(9-14)30-11-32(17)39(35,36)23(27,28)29/h4-7,9,11,15,18H,2-3,8,10H2,1H3. The third-order valence-corrected chi connectivity index (χ3v) is 9.17. The molecule has 210 valence electrons. The molecule has 1 aliphatic carbocycles. The van der Waals surface area contributed by atoms with Gasteiger partial charge in [0.15, 0.2) is 0 Å². The maximum atomic E-state index is 13.5. The van der Waals surface area contributed by atoms with E-state index >= 15 is 0 Å². The Bertz CT molecular complexity index is 1620. The Balaban J connectivity index is 1.43. The number of alkyl halides is 6. The van der Waals surface area contributed by atoms with E-state index in [1.165, 1.54) is 18.2 Å². The maximum absolute atomic E-state index is 13.5. The minimum atomic E-state index is -5.71. The van der Waals surface area contributed by atoms with Crippen LogP contribution in [0.2, 0.25) is 0 Å². The van der Waals surface area contributed by atoms with E-state index in [4.69, 9.17) is 4.18 Å². The van der Waals surface area contributed by atoms with Crippen LogP contribution in [0.25, 0.3) is 11.0 Å². The summed E-state index contributed by atoms with van der Waals surface area (Å²) in [6, 6.07) is 6.09. The van der Waals surface area contributed by atoms with Crippen molar-refractivity contribution in [2.45, 2.75) is 49.2 Å². The molecule has 0 N–H and O–H groups in total. The molecule has 2 heterocycles. The van der Waals surface area contributed by atoms with E-state index in [0.717, 1.165) is 17.2 Å². The molecule has 8 nitrogen and oxygen atoms in total. The van der Waals surface area contributed by atoms with Crippen molar-refractivity contribution in [2.75, 3.05) is 6.54 Å². The van der Waals surface area contributed by atoms with Crippen molar-refractivity contribution in [2.24, 2.45) is 0 Å². The molecule has 0 radical (unpaired) electrons. The fourth-order valence-corrected chi connectivity index (χ4v) is 6.64. The number of aromatic nitrogens is 2. The summed E-state index contributed by atoms with van der Waals surface area (Å²) in [5.74, 6) is -0.830. The van der Waals surface area contributed by atoms with Crippen molar-refractivity contribution in [3.05, 3.63) is 58.9 Å². The number of piperidine rings is 1. The molecule has 1 amide bonds. The van der Waals surface area contributed by atoms with Crippen molar-refractivity contribution in [3.8, 4) is 5.75 Å². The fourth-order valence-electron chi connectivity index (χ4n) is 5.39. The molecular weight excluding hydrogens is 576 g/mol. The third-order valence-electron chi connectivity index (χ3n) is 7.06. The summed E-state index contributed by atoms with van der Waals surface area (Å²) in [6.07, 6.45) is 2.16. The summed E-state index contributed by atoms with van der Waals surface area (Å²) in [4.78, 5) is 18.9. The molecule has 1 fully saturated rings. The summed E-state index contributed by atoms with van der Waals surface area (Å²) in [5.41, 5.74) is -8.99. The summed E-state index contributed by atoms with van der Waals surface area (Å²) >= 11 is -3.54. The summed E-state index contributed by atoms with van der Waals surface area (Å²) in [5, 5.41) is 0. The molecule has 3 unspecified atom stereocenters. The number of nitrogens with zero attached hydrogens (tertiary/aromatic N) is 3. The molecule has 3 atom stereocenters. The van der Waals surface area contributed by atoms with Gasteiger partial charge in [0.1, 0.15) is 12.1 Å². The number of hydrogen-bond acceptors (Lipinski definition) is 6. The highest BCUT2D eigenvalue weighted by atomic mass is 32.2. The molecule has 0 spiro atoms. The lowest BCUT2D eigenvalue weighted by Gasteiger charge is -2.38. The number of benzene rings is 2. The molecular formula is C23H19F6N3O5S2. The summed E-state index contributed by atoms with van der Waals surface area (Å²) < 4.78 is 117. The van der Waals surface area contributed by atoms with Gasteiger partial charge in [-0.2, -0.15) is 34.8 Å². The van der Waals surface area contributed by atoms with Crippen LogP contribution in [0.15, 0.2) is 36.7 Å². The van der Waals surface area contributed by atoms with E-state index in [0.29, 0.717) is 37.7 Å². The Hall–Kier alpha value is -3.14. The summed E-state index contributed by atoms with van der Waals surface area (Å²) in [7, 11) is -5.71. The fraction of sp³-hybridized carbons (Fsp3) is 0.391. The van der Waals surface area contributed by atoms with Crippen LogP contribution < -0.4 is 4.18 Å². The first-order valence-corrected chi connectivity index (χ1v) is 14.0. The average Bonchev–Trinajstić information content (AvgIpc) is 3.45. The number of likely N-dealkylation sites (tertiary alicyclic amines) is 1. The van der Waals surface area contributed by atoms with Gasteiger partial charge in [0.05, 0.1) is 11.0 Å². The lowest BCUT2D eigenvalue weighted by Crippen LogP contribution is -2.46. The highest BCUT2D eigenvalue weighted by Crippen LogP contribution is 2.46. The van der Waals surface area contributed by atoms with E-state index in [1.807, 2.05) is 0 Å². The monoisotopic (exact) mass is 595 g/mol. The van der Waals surface area contributed by atoms with Gasteiger partial charge in [-0.15, -0.1) is 0 Å². The number of carbonyl (C=O) groups excluding carboxylic acids is 1. The molecule has 0 bridgehead atoms. The largest absolute Gasteiger partial charge is 0.517 e. The lowest BCUT2D eigenvalue weighted by atomic mass is 9.86. The maximum Gasteiger partial charge on any atom is 0.517 e. The van der Waals surface area contributed by atoms with E-state index in [1.54, 1.807) is 17.9 Å². The van der Waals surface area contributed by atoms with Crippen molar-refractivity contribution in [1.82, 2.24) is 13.9 Å². The second-order valence-electron chi connectivity index (χ2n) is 9.24. The van der Waals surface area contributed by atoms with Gasteiger partial charge in [-0.25, -0.2) is 13.2 Å². The Morgan fingerprint density at radius 3 is 2.51 bits per heavy atom. The van der Waals surface area contributed by atoms with Crippen LogP contribution in [-0.4, -0.2) is 56.0 Å². The number of hydrogen-bond donors (Lipinski definition) is 0. The van der Waals surface area contributed by atoms with E-state index < -0.39 is 38.0 Å². The highest BCUT2D eigenvalue weighted by Gasteiger charge is 2.48. The van der Waals surface area contributed by atoms with Crippen LogP contribution in [0.1, 0.15) is 45.8 Å². The minimum Gasteiger partial charge on any atom is -0.394 e. The Morgan fingerprint density at radius 2 is 1.85 bits per heavy atom. The van der Waals surface area contributed by atoms with Crippen LogP contribution in [0, 0.1) is 6.92 Å². The molecule has 16 heteroatoms. The summed E-state index contributed by atoms with van der Waals surface area (Å²) in [6.45, 7) is 1.94. The molecule has 2 aromatic carbocycles. The van der Waals surface area contributed by atoms with Crippen LogP contribution in [-0.2, 0) is 27.5 Å². The van der Waals surface area contributed by atoms with Gasteiger partial charge in [0.2, 0.25) is 0 Å². The zero-order chi connectivity index (χ0) is 28.5. The molecule has 1 aromatic heterocycles. The van der Waals surface area contributed by atoms with Crippen LogP contribution in [0.5, 0.6) is 5.75 Å². The third kappa shape index (κ3) is 4.56. The first-order valence-electron chi connectivity index (χ1n) is 11.5.